The highest BCUT2D eigenvalue weighted by Crippen LogP contribution is 2.15. The Labute approximate surface area is 130 Å². The van der Waals surface area contributed by atoms with Gasteiger partial charge in [0.15, 0.2) is 0 Å². The number of hydrogen-bond acceptors (Lipinski definition) is 3. The Morgan fingerprint density at radius 1 is 1.32 bits per heavy atom. The summed E-state index contributed by atoms with van der Waals surface area (Å²) in [4.78, 5) is 25.0. The Morgan fingerprint density at radius 3 is 2.68 bits per heavy atom. The number of piperidine rings is 1. The minimum absolute atomic E-state index is 0.145. The van der Waals surface area contributed by atoms with Crippen LogP contribution in [0, 0.1) is 0 Å². The number of ether oxygens (including phenoxy) is 1. The summed E-state index contributed by atoms with van der Waals surface area (Å²) < 4.78 is 5.61. The number of aryl methyl sites for hydroxylation is 1. The smallest absolute Gasteiger partial charge is 0.335 e. The van der Waals surface area contributed by atoms with Crippen LogP contribution in [0.1, 0.15) is 42.1 Å². The lowest BCUT2D eigenvalue weighted by atomic mass is 10.0. The van der Waals surface area contributed by atoms with Gasteiger partial charge in [0.05, 0.1) is 11.7 Å². The van der Waals surface area contributed by atoms with Crippen molar-refractivity contribution in [3.63, 3.8) is 0 Å². The molecule has 0 aliphatic carbocycles. The van der Waals surface area contributed by atoms with E-state index in [0.29, 0.717) is 26.0 Å². The molecule has 5 heteroatoms. The van der Waals surface area contributed by atoms with Crippen LogP contribution in [-0.2, 0) is 16.0 Å². The zero-order valence-corrected chi connectivity index (χ0v) is 13.0. The summed E-state index contributed by atoms with van der Waals surface area (Å²) >= 11 is 0. The van der Waals surface area contributed by atoms with Crippen LogP contribution in [0.4, 0.5) is 0 Å². The first-order valence-corrected chi connectivity index (χ1v) is 7.81. The Balaban J connectivity index is 1.83. The van der Waals surface area contributed by atoms with Gasteiger partial charge in [0.25, 0.3) is 0 Å². The zero-order valence-electron chi connectivity index (χ0n) is 13.0. The van der Waals surface area contributed by atoms with Gasteiger partial charge in [-0.05, 0) is 43.9 Å². The Morgan fingerprint density at radius 2 is 2.05 bits per heavy atom. The lowest BCUT2D eigenvalue weighted by molar-refractivity contribution is -0.135. The predicted molar refractivity (Wildman–Crippen MR) is 83.0 cm³/mol. The van der Waals surface area contributed by atoms with E-state index in [1.165, 1.54) is 0 Å². The molecule has 1 atom stereocenters. The number of carboxylic acid groups (broad SMARTS) is 1. The molecule has 1 saturated heterocycles. The van der Waals surface area contributed by atoms with Crippen molar-refractivity contribution in [3.05, 3.63) is 35.4 Å². The van der Waals surface area contributed by atoms with Crippen molar-refractivity contribution in [2.75, 3.05) is 19.7 Å². The highest BCUT2D eigenvalue weighted by atomic mass is 16.5. The van der Waals surface area contributed by atoms with Crippen molar-refractivity contribution in [1.82, 2.24) is 4.90 Å². The minimum Gasteiger partial charge on any atom is -0.478 e. The van der Waals surface area contributed by atoms with E-state index in [1.54, 1.807) is 24.3 Å². The van der Waals surface area contributed by atoms with Crippen LogP contribution >= 0.6 is 0 Å². The van der Waals surface area contributed by atoms with E-state index in [2.05, 4.69) is 0 Å². The van der Waals surface area contributed by atoms with Crippen molar-refractivity contribution in [1.29, 1.82) is 0 Å². The molecule has 1 fully saturated rings. The summed E-state index contributed by atoms with van der Waals surface area (Å²) in [5, 5.41) is 8.86. The van der Waals surface area contributed by atoms with Crippen molar-refractivity contribution < 1.29 is 19.4 Å². The molecule has 5 nitrogen and oxygen atoms in total. The maximum Gasteiger partial charge on any atom is 0.335 e. The van der Waals surface area contributed by atoms with Gasteiger partial charge in [0.2, 0.25) is 5.91 Å². The maximum atomic E-state index is 12.3. The number of likely N-dealkylation sites (tertiary alicyclic amines) is 1. The molecule has 1 aliphatic rings. The summed E-state index contributed by atoms with van der Waals surface area (Å²) in [5.41, 5.74) is 1.25. The molecule has 0 bridgehead atoms. The van der Waals surface area contributed by atoms with Crippen molar-refractivity contribution in [2.24, 2.45) is 0 Å². The second-order valence-electron chi connectivity index (χ2n) is 5.56. The van der Waals surface area contributed by atoms with Crippen LogP contribution < -0.4 is 0 Å². The average Bonchev–Trinajstić information content (AvgIpc) is 2.53. The first-order valence-electron chi connectivity index (χ1n) is 7.81. The highest BCUT2D eigenvalue weighted by molar-refractivity contribution is 5.87. The fourth-order valence-corrected chi connectivity index (χ4v) is 2.76. The Bertz CT molecular complexity index is 510. The number of hydrogen-bond donors (Lipinski definition) is 1. The Hall–Kier alpha value is -1.88. The van der Waals surface area contributed by atoms with Gasteiger partial charge in [0, 0.05) is 26.1 Å². The quantitative estimate of drug-likeness (QED) is 0.876. The van der Waals surface area contributed by atoms with E-state index in [-0.39, 0.29) is 17.6 Å². The van der Waals surface area contributed by atoms with E-state index >= 15 is 0 Å². The molecule has 120 valence electrons. The number of rotatable bonds is 6. The first-order chi connectivity index (χ1) is 10.6. The first kappa shape index (κ1) is 16.5. The van der Waals surface area contributed by atoms with Crippen LogP contribution in [0.15, 0.2) is 24.3 Å². The molecular formula is C17H23NO4. The summed E-state index contributed by atoms with van der Waals surface area (Å²) in [6.07, 6.45) is 3.26. The molecule has 1 N–H and O–H groups in total. The van der Waals surface area contributed by atoms with Gasteiger partial charge < -0.3 is 14.7 Å². The van der Waals surface area contributed by atoms with Crippen molar-refractivity contribution >= 4 is 11.9 Å². The standard InChI is InChI=1S/C17H23NO4/c1-2-22-15-4-3-11-18(12-15)16(19)10-7-13-5-8-14(9-6-13)17(20)21/h5-6,8-9,15H,2-4,7,10-12H2,1H3,(H,20,21)/t15-/m1/s1. The molecule has 1 aromatic carbocycles. The third-order valence-electron chi connectivity index (χ3n) is 3.96. The molecule has 1 aliphatic heterocycles. The lowest BCUT2D eigenvalue weighted by Gasteiger charge is -2.32. The van der Waals surface area contributed by atoms with E-state index in [0.717, 1.165) is 24.9 Å². The van der Waals surface area contributed by atoms with E-state index in [9.17, 15) is 9.59 Å². The lowest BCUT2D eigenvalue weighted by Crippen LogP contribution is -2.43. The topological polar surface area (TPSA) is 66.8 Å². The SMILES string of the molecule is CCO[C@@H]1CCCN(C(=O)CCc2ccc(C(=O)O)cc2)C1. The summed E-state index contributed by atoms with van der Waals surface area (Å²) in [6.45, 7) is 4.15. The van der Waals surface area contributed by atoms with Gasteiger partial charge in [-0.3, -0.25) is 4.79 Å². The molecule has 2 rings (SSSR count). The number of carbonyl (C=O) groups is 2. The second kappa shape index (κ2) is 7.94. The van der Waals surface area contributed by atoms with Gasteiger partial charge in [-0.25, -0.2) is 4.79 Å². The van der Waals surface area contributed by atoms with Crippen molar-refractivity contribution in [2.45, 2.75) is 38.7 Å². The average molecular weight is 305 g/mol. The fraction of sp³-hybridized carbons (Fsp3) is 0.529. The number of carbonyl (C=O) groups excluding carboxylic acids is 1. The molecule has 0 saturated carbocycles. The van der Waals surface area contributed by atoms with Gasteiger partial charge in [-0.2, -0.15) is 0 Å². The predicted octanol–water partition coefficient (Wildman–Crippen LogP) is 2.34. The van der Waals surface area contributed by atoms with E-state index in [1.807, 2.05) is 11.8 Å². The van der Waals surface area contributed by atoms with Gasteiger partial charge in [0.1, 0.15) is 0 Å². The largest absolute Gasteiger partial charge is 0.478 e. The van der Waals surface area contributed by atoms with Crippen LogP contribution in [0.25, 0.3) is 0 Å². The summed E-state index contributed by atoms with van der Waals surface area (Å²) in [6, 6.07) is 6.70. The molecule has 1 amide bonds. The Kier molecular flexibility index (Phi) is 5.95. The number of carboxylic acids is 1. The molecule has 22 heavy (non-hydrogen) atoms. The summed E-state index contributed by atoms with van der Waals surface area (Å²) in [7, 11) is 0. The molecule has 0 spiro atoms. The molecule has 1 aromatic rings. The van der Waals surface area contributed by atoms with Crippen LogP contribution in [-0.4, -0.2) is 47.7 Å². The number of aromatic carboxylic acids is 1. The molecule has 1 heterocycles. The van der Waals surface area contributed by atoms with Crippen LogP contribution in [0.3, 0.4) is 0 Å². The second-order valence-corrected chi connectivity index (χ2v) is 5.56. The number of benzene rings is 1. The highest BCUT2D eigenvalue weighted by Gasteiger charge is 2.23. The normalized spacial score (nSPS) is 18.2. The molecule has 0 aromatic heterocycles. The summed E-state index contributed by atoms with van der Waals surface area (Å²) in [5.74, 6) is -0.787. The van der Waals surface area contributed by atoms with Crippen molar-refractivity contribution in [3.8, 4) is 0 Å². The third-order valence-corrected chi connectivity index (χ3v) is 3.96. The number of amides is 1. The van der Waals surface area contributed by atoms with Gasteiger partial charge in [-0.1, -0.05) is 12.1 Å². The van der Waals surface area contributed by atoms with Gasteiger partial charge >= 0.3 is 5.97 Å². The van der Waals surface area contributed by atoms with E-state index in [4.69, 9.17) is 9.84 Å². The van der Waals surface area contributed by atoms with Crippen LogP contribution in [0.5, 0.6) is 0 Å². The minimum atomic E-state index is -0.932. The molecule has 0 unspecified atom stereocenters. The molecular weight excluding hydrogens is 282 g/mol. The fourth-order valence-electron chi connectivity index (χ4n) is 2.76. The zero-order chi connectivity index (χ0) is 15.9. The monoisotopic (exact) mass is 305 g/mol. The number of nitrogens with zero attached hydrogens (tertiary/aromatic N) is 1. The third kappa shape index (κ3) is 4.56. The van der Waals surface area contributed by atoms with E-state index < -0.39 is 5.97 Å². The van der Waals surface area contributed by atoms with Gasteiger partial charge in [-0.15, -0.1) is 0 Å². The van der Waals surface area contributed by atoms with Crippen LogP contribution in [0.2, 0.25) is 0 Å². The maximum absolute atomic E-state index is 12.3. The molecule has 0 radical (unpaired) electrons.